The van der Waals surface area contributed by atoms with Crippen LogP contribution in [-0.4, -0.2) is 79.2 Å². The highest BCUT2D eigenvalue weighted by Crippen LogP contribution is 2.31. The van der Waals surface area contributed by atoms with Crippen LogP contribution in [0.1, 0.15) is 50.9 Å². The predicted octanol–water partition coefficient (Wildman–Crippen LogP) is 3.96. The highest BCUT2D eigenvalue weighted by Gasteiger charge is 2.43. The molecule has 0 spiro atoms. The molecular formula is C30H38FN5O6. The first-order valence-electron chi connectivity index (χ1n) is 13.9. The Kier molecular flexibility index (Phi) is 8.93. The molecule has 0 bridgehead atoms. The van der Waals surface area contributed by atoms with E-state index < -0.39 is 29.2 Å². The first-order valence-corrected chi connectivity index (χ1v) is 13.9. The lowest BCUT2D eigenvalue weighted by Gasteiger charge is -2.36. The maximum Gasteiger partial charge on any atom is 0.415 e. The van der Waals surface area contributed by atoms with Gasteiger partial charge in [0.05, 0.1) is 24.5 Å². The van der Waals surface area contributed by atoms with Gasteiger partial charge in [-0.05, 0) is 58.0 Å². The molecule has 2 aromatic rings. The van der Waals surface area contributed by atoms with Crippen molar-refractivity contribution < 1.29 is 33.0 Å². The van der Waals surface area contributed by atoms with Crippen molar-refractivity contribution in [1.82, 2.24) is 10.2 Å². The van der Waals surface area contributed by atoms with Crippen LogP contribution in [-0.2, 0) is 14.3 Å². The van der Waals surface area contributed by atoms with E-state index >= 15 is 4.39 Å². The quantitative estimate of drug-likeness (QED) is 0.352. The number of ketones is 1. The van der Waals surface area contributed by atoms with E-state index in [2.05, 4.69) is 5.32 Å². The molecule has 4 rings (SSSR count). The number of nitrogens with two attached hydrogens (primary N) is 1. The number of anilines is 3. The molecule has 12 heteroatoms. The number of alkyl carbamates (subject to hydrolysis) is 1. The Morgan fingerprint density at radius 2 is 1.79 bits per heavy atom. The lowest BCUT2D eigenvalue weighted by Crippen LogP contribution is -2.49. The van der Waals surface area contributed by atoms with E-state index in [1.165, 1.54) is 11.0 Å². The van der Waals surface area contributed by atoms with Crippen LogP contribution < -0.4 is 20.9 Å². The summed E-state index contributed by atoms with van der Waals surface area (Å²) in [7, 11) is 0. The monoisotopic (exact) mass is 583 g/mol. The Balaban J connectivity index is 1.28. The number of carbonyl (C=O) groups is 4. The molecule has 2 aliphatic rings. The van der Waals surface area contributed by atoms with Crippen LogP contribution in [0.3, 0.4) is 0 Å². The fraction of sp³-hybridized carbons (Fsp3) is 0.467. The van der Waals surface area contributed by atoms with Crippen LogP contribution in [0.4, 0.5) is 31.0 Å². The Bertz CT molecular complexity index is 1350. The number of nitrogens with zero attached hydrogens (tertiary/aromatic N) is 3. The van der Waals surface area contributed by atoms with Crippen LogP contribution in [0.5, 0.6) is 0 Å². The molecule has 0 aromatic heterocycles. The maximum atomic E-state index is 15.3. The van der Waals surface area contributed by atoms with Crippen molar-refractivity contribution in [3.63, 3.8) is 0 Å². The summed E-state index contributed by atoms with van der Waals surface area (Å²) < 4.78 is 26.0. The fourth-order valence-corrected chi connectivity index (χ4v) is 4.91. The number of piperazine rings is 1. The van der Waals surface area contributed by atoms with Crippen molar-refractivity contribution in [3.8, 4) is 0 Å². The summed E-state index contributed by atoms with van der Waals surface area (Å²) in [4.78, 5) is 54.6. The zero-order valence-electron chi connectivity index (χ0n) is 24.4. The molecule has 0 saturated carbocycles. The van der Waals surface area contributed by atoms with E-state index in [4.69, 9.17) is 15.2 Å². The highest BCUT2D eigenvalue weighted by molar-refractivity contribution is 5.98. The number of hydrogen-bond donors (Lipinski definition) is 2. The molecule has 0 aliphatic carbocycles. The fourth-order valence-electron chi connectivity index (χ4n) is 4.91. The van der Waals surface area contributed by atoms with Crippen molar-refractivity contribution in [1.29, 1.82) is 0 Å². The summed E-state index contributed by atoms with van der Waals surface area (Å²) in [6.07, 6.45) is -1.08. The van der Waals surface area contributed by atoms with Gasteiger partial charge in [-0.2, -0.15) is 0 Å². The molecule has 2 fully saturated rings. The topological polar surface area (TPSA) is 135 Å². The second kappa shape index (κ2) is 12.3. The Labute approximate surface area is 244 Å². The minimum atomic E-state index is -1.02. The predicted molar refractivity (Wildman–Crippen MR) is 156 cm³/mol. The van der Waals surface area contributed by atoms with Crippen molar-refractivity contribution in [2.24, 2.45) is 0 Å². The van der Waals surface area contributed by atoms with Crippen molar-refractivity contribution in [3.05, 3.63) is 53.8 Å². The second-order valence-corrected chi connectivity index (χ2v) is 11.8. The standard InChI is InChI=1S/C30H38FN5O6/c1-29(2,3)41-27(39)33-18-30(4)19-36(28(40)42-30)22-8-9-24(23(31)17-22)34-12-14-35(15-13-34)26(38)11-10-25(37)20-6-5-7-21(32)16-20/h5-9,16-17H,10-15,18-19,32H2,1-4H3,(H,33,39)/t30-/m0/s1. The molecule has 226 valence electrons. The summed E-state index contributed by atoms with van der Waals surface area (Å²) in [5.41, 5.74) is 5.73. The molecule has 2 aromatic carbocycles. The molecule has 2 heterocycles. The van der Waals surface area contributed by atoms with E-state index in [-0.39, 0.29) is 37.6 Å². The lowest BCUT2D eigenvalue weighted by atomic mass is 10.1. The van der Waals surface area contributed by atoms with Gasteiger partial charge in [0, 0.05) is 50.3 Å². The SMILES string of the molecule is CC(C)(C)OC(=O)NC[C@@]1(C)CN(c2ccc(N3CCN(C(=O)CCC(=O)c4cccc(N)c4)CC3)c(F)c2)C(=O)O1. The van der Waals surface area contributed by atoms with Crippen LogP contribution in [0.2, 0.25) is 0 Å². The number of cyclic esters (lactones) is 1. The van der Waals surface area contributed by atoms with E-state index in [9.17, 15) is 19.2 Å². The van der Waals surface area contributed by atoms with Crippen molar-refractivity contribution in [2.45, 2.75) is 51.7 Å². The van der Waals surface area contributed by atoms with Gasteiger partial charge in [-0.15, -0.1) is 0 Å². The normalized spacial score (nSPS) is 19.0. The van der Waals surface area contributed by atoms with Gasteiger partial charge in [0.15, 0.2) is 5.78 Å². The third-order valence-electron chi connectivity index (χ3n) is 7.04. The third-order valence-corrected chi connectivity index (χ3v) is 7.04. The molecule has 42 heavy (non-hydrogen) atoms. The average molecular weight is 584 g/mol. The first kappa shape index (κ1) is 30.6. The van der Waals surface area contributed by atoms with Crippen LogP contribution in [0.25, 0.3) is 0 Å². The summed E-state index contributed by atoms with van der Waals surface area (Å²) in [6.45, 7) is 8.71. The number of hydrogen-bond acceptors (Lipinski definition) is 8. The number of ether oxygens (including phenoxy) is 2. The molecule has 0 radical (unpaired) electrons. The number of nitrogen functional groups attached to an aromatic ring is 1. The highest BCUT2D eigenvalue weighted by atomic mass is 19.1. The Hall–Kier alpha value is -4.35. The molecule has 3 N–H and O–H groups in total. The molecular weight excluding hydrogens is 545 g/mol. The number of halogens is 1. The maximum absolute atomic E-state index is 15.3. The average Bonchev–Trinajstić information content (AvgIpc) is 3.24. The van der Waals surface area contributed by atoms with Crippen LogP contribution in [0.15, 0.2) is 42.5 Å². The number of benzene rings is 2. The van der Waals surface area contributed by atoms with Gasteiger partial charge in [-0.1, -0.05) is 12.1 Å². The van der Waals surface area contributed by atoms with Gasteiger partial charge >= 0.3 is 12.2 Å². The lowest BCUT2D eigenvalue weighted by molar-refractivity contribution is -0.131. The van der Waals surface area contributed by atoms with Gasteiger partial charge < -0.3 is 30.3 Å². The van der Waals surface area contributed by atoms with E-state index in [1.54, 1.807) is 69.0 Å². The van der Waals surface area contributed by atoms with E-state index in [1.807, 2.05) is 4.90 Å². The zero-order chi connectivity index (χ0) is 30.7. The minimum Gasteiger partial charge on any atom is -0.444 e. The molecule has 0 unspecified atom stereocenters. The summed E-state index contributed by atoms with van der Waals surface area (Å²) in [5, 5.41) is 2.62. The van der Waals surface area contributed by atoms with Gasteiger partial charge in [-0.3, -0.25) is 14.5 Å². The number of amides is 3. The number of carbonyl (C=O) groups excluding carboxylic acids is 4. The molecule has 1 atom stereocenters. The van der Waals surface area contributed by atoms with E-state index in [0.29, 0.717) is 48.8 Å². The van der Waals surface area contributed by atoms with Gasteiger partial charge in [0.1, 0.15) is 17.0 Å². The van der Waals surface area contributed by atoms with Crippen molar-refractivity contribution in [2.75, 3.05) is 54.8 Å². The summed E-state index contributed by atoms with van der Waals surface area (Å²) in [6, 6.07) is 11.2. The summed E-state index contributed by atoms with van der Waals surface area (Å²) in [5.74, 6) is -0.772. The number of Topliss-reactive ketones (excluding diaryl/α,β-unsaturated/α-hetero) is 1. The molecule has 3 amide bonds. The van der Waals surface area contributed by atoms with Gasteiger partial charge in [-0.25, -0.2) is 14.0 Å². The van der Waals surface area contributed by atoms with E-state index in [0.717, 1.165) is 0 Å². The Morgan fingerprint density at radius 1 is 1.07 bits per heavy atom. The second-order valence-electron chi connectivity index (χ2n) is 11.8. The largest absolute Gasteiger partial charge is 0.444 e. The van der Waals surface area contributed by atoms with Gasteiger partial charge in [0.25, 0.3) is 0 Å². The molecule has 11 nitrogen and oxygen atoms in total. The minimum absolute atomic E-state index is 0.0305. The smallest absolute Gasteiger partial charge is 0.415 e. The first-order chi connectivity index (χ1) is 19.7. The van der Waals surface area contributed by atoms with Gasteiger partial charge in [0.2, 0.25) is 5.91 Å². The van der Waals surface area contributed by atoms with Crippen LogP contribution in [0, 0.1) is 5.82 Å². The summed E-state index contributed by atoms with van der Waals surface area (Å²) >= 11 is 0. The Morgan fingerprint density at radius 3 is 2.43 bits per heavy atom. The number of nitrogens with one attached hydrogen (secondary N) is 1. The van der Waals surface area contributed by atoms with Crippen LogP contribution >= 0.6 is 0 Å². The molecule has 2 saturated heterocycles. The van der Waals surface area contributed by atoms with Crippen molar-refractivity contribution >= 4 is 40.9 Å². The third kappa shape index (κ3) is 7.68. The zero-order valence-corrected chi connectivity index (χ0v) is 24.4. The molecule has 2 aliphatic heterocycles. The number of rotatable bonds is 8.